The molecule has 0 bridgehead atoms. The van der Waals surface area contributed by atoms with Crippen LogP contribution in [-0.2, 0) is 4.74 Å². The number of hydrogen-bond donors (Lipinski definition) is 1. The van der Waals surface area contributed by atoms with Gasteiger partial charge in [0, 0.05) is 0 Å². The number of oxime groups is 1. The van der Waals surface area contributed by atoms with Crippen LogP contribution in [-0.4, -0.2) is 23.6 Å². The summed E-state index contributed by atoms with van der Waals surface area (Å²) in [5.74, 6) is 0. The Kier molecular flexibility index (Phi) is 2.68. The van der Waals surface area contributed by atoms with Gasteiger partial charge in [0.1, 0.15) is 0 Å². The molecule has 0 aromatic carbocycles. The van der Waals surface area contributed by atoms with E-state index in [9.17, 15) is 0 Å². The Labute approximate surface area is 60.7 Å². The van der Waals surface area contributed by atoms with Gasteiger partial charge in [0.2, 0.25) is 0 Å². The van der Waals surface area contributed by atoms with Crippen molar-refractivity contribution >= 4 is 5.71 Å². The van der Waals surface area contributed by atoms with Crippen LogP contribution in [0.3, 0.4) is 0 Å². The van der Waals surface area contributed by atoms with Crippen LogP contribution in [0.4, 0.5) is 0 Å². The van der Waals surface area contributed by atoms with E-state index in [4.69, 9.17) is 9.94 Å². The second-order valence-electron chi connectivity index (χ2n) is 2.68. The first kappa shape index (κ1) is 7.54. The highest BCUT2D eigenvalue weighted by Gasteiger charge is 2.21. The Bertz CT molecular complexity index is 130. The molecule has 1 fully saturated rings. The number of rotatable bonds is 4. The molecular formula is C7H13NO2. The maximum absolute atomic E-state index is 8.27. The lowest BCUT2D eigenvalue weighted by Gasteiger charge is -1.94. The van der Waals surface area contributed by atoms with Crippen LogP contribution in [0.2, 0.25) is 0 Å². The predicted octanol–water partition coefficient (Wildman–Crippen LogP) is 1.41. The average Bonchev–Trinajstić information content (AvgIpc) is 2.71. The second-order valence-corrected chi connectivity index (χ2v) is 2.68. The van der Waals surface area contributed by atoms with E-state index < -0.39 is 0 Å². The van der Waals surface area contributed by atoms with Gasteiger partial charge in [-0.1, -0.05) is 5.16 Å². The van der Waals surface area contributed by atoms with E-state index in [0.717, 1.165) is 31.6 Å². The number of hydrogen-bond acceptors (Lipinski definition) is 3. The van der Waals surface area contributed by atoms with Crippen LogP contribution < -0.4 is 0 Å². The lowest BCUT2D eigenvalue weighted by Crippen LogP contribution is -1.93. The Morgan fingerprint density at radius 3 is 3.00 bits per heavy atom. The van der Waals surface area contributed by atoms with Crippen LogP contribution >= 0.6 is 0 Å². The molecular weight excluding hydrogens is 130 g/mol. The standard InChI is InChI=1S/C7H13NO2/c1-6(8-9)3-2-4-7-5-10-7/h7,9H,2-5H2,1H3/b8-6+. The maximum Gasteiger partial charge on any atom is 0.0810 e. The topological polar surface area (TPSA) is 45.1 Å². The summed E-state index contributed by atoms with van der Waals surface area (Å²) in [6.45, 7) is 2.75. The van der Waals surface area contributed by atoms with Gasteiger partial charge in [-0.2, -0.15) is 0 Å². The van der Waals surface area contributed by atoms with Gasteiger partial charge in [0.25, 0.3) is 0 Å². The Hall–Kier alpha value is -0.570. The molecule has 3 heteroatoms. The Morgan fingerprint density at radius 2 is 2.50 bits per heavy atom. The highest BCUT2D eigenvalue weighted by molar-refractivity contribution is 5.81. The fourth-order valence-corrected chi connectivity index (χ4v) is 0.870. The highest BCUT2D eigenvalue weighted by atomic mass is 16.6. The van der Waals surface area contributed by atoms with E-state index in [1.165, 1.54) is 0 Å². The summed E-state index contributed by atoms with van der Waals surface area (Å²) in [6.07, 6.45) is 3.57. The van der Waals surface area contributed by atoms with Gasteiger partial charge in [-0.25, -0.2) is 0 Å². The minimum Gasteiger partial charge on any atom is -0.411 e. The average molecular weight is 143 g/mol. The van der Waals surface area contributed by atoms with Crippen LogP contribution in [0, 0.1) is 0 Å². The van der Waals surface area contributed by atoms with Crippen molar-refractivity contribution in [3.8, 4) is 0 Å². The summed E-state index contributed by atoms with van der Waals surface area (Å²) < 4.78 is 5.02. The molecule has 0 aliphatic carbocycles. The molecule has 1 atom stereocenters. The quantitative estimate of drug-likeness (QED) is 0.280. The molecule has 1 unspecified atom stereocenters. The molecule has 1 rings (SSSR count). The molecule has 1 aliphatic rings. The van der Waals surface area contributed by atoms with Crippen molar-refractivity contribution in [3.63, 3.8) is 0 Å². The minimum atomic E-state index is 0.506. The van der Waals surface area contributed by atoms with Crippen molar-refractivity contribution in [3.05, 3.63) is 0 Å². The van der Waals surface area contributed by atoms with E-state index >= 15 is 0 Å². The third-order valence-electron chi connectivity index (χ3n) is 1.64. The molecule has 1 aliphatic heterocycles. The second kappa shape index (κ2) is 3.56. The molecule has 0 spiro atoms. The molecule has 1 N–H and O–H groups in total. The van der Waals surface area contributed by atoms with Crippen molar-refractivity contribution in [1.29, 1.82) is 0 Å². The zero-order chi connectivity index (χ0) is 7.40. The molecule has 0 radical (unpaired) electrons. The zero-order valence-corrected chi connectivity index (χ0v) is 6.21. The molecule has 10 heavy (non-hydrogen) atoms. The minimum absolute atomic E-state index is 0.506. The number of nitrogens with zero attached hydrogens (tertiary/aromatic N) is 1. The zero-order valence-electron chi connectivity index (χ0n) is 6.21. The van der Waals surface area contributed by atoms with Crippen LogP contribution in [0.15, 0.2) is 5.16 Å². The third-order valence-corrected chi connectivity index (χ3v) is 1.64. The SMILES string of the molecule is C/C(CCCC1CO1)=N\O. The molecule has 0 aromatic rings. The molecule has 1 heterocycles. The lowest BCUT2D eigenvalue weighted by molar-refractivity contribution is 0.316. The third kappa shape index (κ3) is 2.82. The van der Waals surface area contributed by atoms with Crippen LogP contribution in [0.1, 0.15) is 26.2 Å². The van der Waals surface area contributed by atoms with Gasteiger partial charge in [0.05, 0.1) is 18.4 Å². The van der Waals surface area contributed by atoms with Gasteiger partial charge in [-0.3, -0.25) is 0 Å². The lowest BCUT2D eigenvalue weighted by atomic mass is 10.1. The fraction of sp³-hybridized carbons (Fsp3) is 0.857. The molecule has 0 amide bonds. The Morgan fingerprint density at radius 1 is 1.80 bits per heavy atom. The van der Waals surface area contributed by atoms with Crippen molar-refractivity contribution in [1.82, 2.24) is 0 Å². The largest absolute Gasteiger partial charge is 0.411 e. The summed E-state index contributed by atoms with van der Waals surface area (Å²) in [4.78, 5) is 0. The van der Waals surface area contributed by atoms with E-state index in [2.05, 4.69) is 5.16 Å². The van der Waals surface area contributed by atoms with Gasteiger partial charge >= 0.3 is 0 Å². The van der Waals surface area contributed by atoms with Crippen LogP contribution in [0.25, 0.3) is 0 Å². The first-order valence-corrected chi connectivity index (χ1v) is 3.62. The summed E-state index contributed by atoms with van der Waals surface area (Å²) in [5, 5.41) is 11.4. The van der Waals surface area contributed by atoms with Crippen LogP contribution in [0.5, 0.6) is 0 Å². The number of epoxide rings is 1. The van der Waals surface area contributed by atoms with Crippen molar-refractivity contribution in [2.24, 2.45) is 5.16 Å². The molecule has 58 valence electrons. The van der Waals surface area contributed by atoms with E-state index in [0.29, 0.717) is 6.10 Å². The first-order valence-electron chi connectivity index (χ1n) is 3.62. The van der Waals surface area contributed by atoms with Gasteiger partial charge in [-0.15, -0.1) is 0 Å². The van der Waals surface area contributed by atoms with E-state index in [-0.39, 0.29) is 0 Å². The van der Waals surface area contributed by atoms with E-state index in [1.54, 1.807) is 0 Å². The monoisotopic (exact) mass is 143 g/mol. The predicted molar refractivity (Wildman–Crippen MR) is 38.5 cm³/mol. The maximum atomic E-state index is 8.27. The first-order chi connectivity index (χ1) is 4.83. The smallest absolute Gasteiger partial charge is 0.0810 e. The number of ether oxygens (including phenoxy) is 1. The summed E-state index contributed by atoms with van der Waals surface area (Å²) in [6, 6.07) is 0. The van der Waals surface area contributed by atoms with Crippen molar-refractivity contribution < 1.29 is 9.94 Å². The molecule has 1 saturated heterocycles. The normalized spacial score (nSPS) is 24.9. The fourth-order valence-electron chi connectivity index (χ4n) is 0.870. The Balaban J connectivity index is 1.93. The van der Waals surface area contributed by atoms with E-state index in [1.807, 2.05) is 6.92 Å². The molecule has 0 aromatic heterocycles. The molecule has 0 saturated carbocycles. The summed E-state index contributed by atoms with van der Waals surface area (Å²) >= 11 is 0. The molecule has 3 nitrogen and oxygen atoms in total. The van der Waals surface area contributed by atoms with Crippen molar-refractivity contribution in [2.45, 2.75) is 32.3 Å². The van der Waals surface area contributed by atoms with Gasteiger partial charge in [0.15, 0.2) is 0 Å². The summed E-state index contributed by atoms with van der Waals surface area (Å²) in [7, 11) is 0. The van der Waals surface area contributed by atoms with Gasteiger partial charge < -0.3 is 9.94 Å². The van der Waals surface area contributed by atoms with Gasteiger partial charge in [-0.05, 0) is 26.2 Å². The summed E-state index contributed by atoms with van der Waals surface area (Å²) in [5.41, 5.74) is 0.806. The van der Waals surface area contributed by atoms with Crippen molar-refractivity contribution in [2.75, 3.05) is 6.61 Å². The highest BCUT2D eigenvalue weighted by Crippen LogP contribution is 2.16.